The second kappa shape index (κ2) is 9.64. The average molecular weight is 597 g/mol. The molecule has 0 aromatic heterocycles. The van der Waals surface area contributed by atoms with E-state index in [1.165, 1.54) is 98.7 Å². The molecule has 0 bridgehead atoms. The molecule has 1 aliphatic rings. The molecule has 0 saturated heterocycles. The topological polar surface area (TPSA) is 0 Å². The van der Waals surface area contributed by atoms with Gasteiger partial charge in [-0.3, -0.25) is 0 Å². The number of fused-ring (bicyclic) bond motifs is 2. The van der Waals surface area contributed by atoms with Gasteiger partial charge in [0.05, 0.1) is 0 Å². The van der Waals surface area contributed by atoms with E-state index in [2.05, 4.69) is 172 Å². The molecule has 0 spiro atoms. The molecule has 1 aliphatic carbocycles. The van der Waals surface area contributed by atoms with Crippen molar-refractivity contribution in [2.24, 2.45) is 0 Å². The van der Waals surface area contributed by atoms with Crippen molar-refractivity contribution in [1.29, 1.82) is 0 Å². The molecule has 9 aromatic rings. The highest BCUT2D eigenvalue weighted by Crippen LogP contribution is 2.50. The van der Waals surface area contributed by atoms with Gasteiger partial charge in [-0.25, -0.2) is 0 Å². The van der Waals surface area contributed by atoms with Gasteiger partial charge >= 0.3 is 0 Å². The molecule has 0 N–H and O–H groups in total. The molecular weight excluding hydrogens is 565 g/mol. The number of rotatable bonds is 3. The summed E-state index contributed by atoms with van der Waals surface area (Å²) < 4.78 is 0. The maximum absolute atomic E-state index is 2.42. The van der Waals surface area contributed by atoms with Crippen molar-refractivity contribution in [3.8, 4) is 44.5 Å². The molecule has 0 unspecified atom stereocenters. The van der Waals surface area contributed by atoms with Crippen LogP contribution in [0.3, 0.4) is 0 Å². The van der Waals surface area contributed by atoms with E-state index in [1.807, 2.05) is 0 Å². The van der Waals surface area contributed by atoms with Gasteiger partial charge in [0.15, 0.2) is 0 Å². The van der Waals surface area contributed by atoms with Crippen LogP contribution in [0, 0.1) is 0 Å². The second-order valence-electron chi connectivity index (χ2n) is 13.7. The van der Waals surface area contributed by atoms with Crippen LogP contribution in [0.5, 0.6) is 0 Å². The lowest BCUT2D eigenvalue weighted by atomic mass is 9.68. The van der Waals surface area contributed by atoms with Crippen LogP contribution in [0.2, 0.25) is 0 Å². The minimum Gasteiger partial charge on any atom is -0.0622 e. The van der Waals surface area contributed by atoms with Crippen LogP contribution < -0.4 is 0 Å². The van der Waals surface area contributed by atoms with Gasteiger partial charge in [0, 0.05) is 5.41 Å². The van der Waals surface area contributed by atoms with Gasteiger partial charge < -0.3 is 0 Å². The fourth-order valence-corrected chi connectivity index (χ4v) is 8.53. The first-order valence-electron chi connectivity index (χ1n) is 16.6. The summed E-state index contributed by atoms with van der Waals surface area (Å²) in [7, 11) is 0. The molecule has 0 radical (unpaired) electrons. The highest BCUT2D eigenvalue weighted by atomic mass is 14.4. The summed E-state index contributed by atoms with van der Waals surface area (Å²) in [6, 6.07) is 59.0. The van der Waals surface area contributed by atoms with Crippen molar-refractivity contribution < 1.29 is 0 Å². The van der Waals surface area contributed by atoms with Crippen LogP contribution in [0.15, 0.2) is 158 Å². The number of hydrogen-bond donors (Lipinski definition) is 0. The van der Waals surface area contributed by atoms with Gasteiger partial charge in [0.25, 0.3) is 0 Å². The lowest BCUT2D eigenvalue weighted by Gasteiger charge is -2.35. The molecular formula is C47H32. The predicted molar refractivity (Wildman–Crippen MR) is 202 cm³/mol. The average Bonchev–Trinajstić information content (AvgIpc) is 3.13. The van der Waals surface area contributed by atoms with Gasteiger partial charge in [0.2, 0.25) is 0 Å². The van der Waals surface area contributed by atoms with Gasteiger partial charge in [-0.05, 0) is 117 Å². The smallest absolute Gasteiger partial charge is 0.0159 e. The largest absolute Gasteiger partial charge is 0.0622 e. The van der Waals surface area contributed by atoms with Crippen LogP contribution in [0.4, 0.5) is 0 Å². The van der Waals surface area contributed by atoms with Crippen molar-refractivity contribution in [1.82, 2.24) is 0 Å². The minimum atomic E-state index is -0.0828. The van der Waals surface area contributed by atoms with E-state index in [9.17, 15) is 0 Å². The fraction of sp³-hybridized carbons (Fsp3) is 0.0638. The third-order valence-electron chi connectivity index (χ3n) is 10.8. The summed E-state index contributed by atoms with van der Waals surface area (Å²) in [6.45, 7) is 4.75. The van der Waals surface area contributed by atoms with Crippen LogP contribution in [0.1, 0.15) is 25.0 Å². The van der Waals surface area contributed by atoms with E-state index in [0.29, 0.717) is 0 Å². The van der Waals surface area contributed by atoms with Crippen molar-refractivity contribution in [3.05, 3.63) is 169 Å². The first-order chi connectivity index (χ1) is 23.1. The van der Waals surface area contributed by atoms with Crippen molar-refractivity contribution in [3.63, 3.8) is 0 Å². The highest BCUT2D eigenvalue weighted by Gasteiger charge is 2.33. The lowest BCUT2D eigenvalue weighted by molar-refractivity contribution is 0.645. The van der Waals surface area contributed by atoms with E-state index in [0.717, 1.165) is 0 Å². The number of hydrogen-bond acceptors (Lipinski definition) is 0. The van der Waals surface area contributed by atoms with E-state index in [-0.39, 0.29) is 5.41 Å². The Morgan fingerprint density at radius 1 is 0.319 bits per heavy atom. The molecule has 10 rings (SSSR count). The van der Waals surface area contributed by atoms with E-state index in [4.69, 9.17) is 0 Å². The lowest BCUT2D eigenvalue weighted by Crippen LogP contribution is -2.23. The molecule has 0 amide bonds. The Morgan fingerprint density at radius 2 is 0.872 bits per heavy atom. The summed E-state index contributed by atoms with van der Waals surface area (Å²) in [4.78, 5) is 0. The Labute approximate surface area is 274 Å². The molecule has 0 heteroatoms. The molecule has 0 atom stereocenters. The summed E-state index contributed by atoms with van der Waals surface area (Å²) in [5, 5.41) is 10.6. The number of benzene rings is 9. The van der Waals surface area contributed by atoms with Crippen molar-refractivity contribution in [2.45, 2.75) is 19.3 Å². The zero-order valence-corrected chi connectivity index (χ0v) is 26.5. The molecule has 47 heavy (non-hydrogen) atoms. The van der Waals surface area contributed by atoms with Gasteiger partial charge in [0.1, 0.15) is 0 Å². The van der Waals surface area contributed by atoms with Crippen molar-refractivity contribution >= 4 is 43.1 Å². The Bertz CT molecular complexity index is 2670. The summed E-state index contributed by atoms with van der Waals surface area (Å²) in [5.41, 5.74) is 12.9. The third kappa shape index (κ3) is 3.76. The first kappa shape index (κ1) is 26.5. The standard InChI is InChI=1S/C47H32/c1-47(2)42-16-7-6-14-38(42)41-25-24-37(39-15-9-17-43(47)46(39)41)35-27-33(29-10-4-3-5-11-29)26-34(28-35)36-22-20-32-19-18-30-12-8-13-31-21-23-40(36)45(32)44(30)31/h3-28H,1-2H3. The van der Waals surface area contributed by atoms with Crippen LogP contribution in [0.25, 0.3) is 87.6 Å². The first-order valence-corrected chi connectivity index (χ1v) is 16.6. The van der Waals surface area contributed by atoms with Crippen molar-refractivity contribution in [2.75, 3.05) is 0 Å². The van der Waals surface area contributed by atoms with E-state index >= 15 is 0 Å². The summed E-state index contributed by atoms with van der Waals surface area (Å²) >= 11 is 0. The highest BCUT2D eigenvalue weighted by molar-refractivity contribution is 6.25. The molecule has 0 fully saturated rings. The normalized spacial score (nSPS) is 13.5. The summed E-state index contributed by atoms with van der Waals surface area (Å²) in [5.74, 6) is 0. The molecule has 0 heterocycles. The van der Waals surface area contributed by atoms with Crippen LogP contribution in [-0.4, -0.2) is 0 Å². The maximum atomic E-state index is 2.42. The summed E-state index contributed by atoms with van der Waals surface area (Å²) in [6.07, 6.45) is 0. The molecule has 220 valence electrons. The Morgan fingerprint density at radius 3 is 1.66 bits per heavy atom. The molecule has 9 aromatic carbocycles. The molecule has 0 saturated carbocycles. The van der Waals surface area contributed by atoms with Gasteiger partial charge in [-0.15, -0.1) is 0 Å². The SMILES string of the molecule is CC1(C)c2ccccc2-c2ccc(-c3cc(-c4ccccc4)cc(-c4ccc5ccc6cccc7ccc4c5c67)c3)c3cccc1c23. The quantitative estimate of drug-likeness (QED) is 0.178. The molecule has 0 nitrogen and oxygen atoms in total. The zero-order valence-electron chi connectivity index (χ0n) is 26.5. The zero-order chi connectivity index (χ0) is 31.3. The van der Waals surface area contributed by atoms with Gasteiger partial charge in [-0.2, -0.15) is 0 Å². The Kier molecular flexibility index (Phi) is 5.44. The second-order valence-corrected chi connectivity index (χ2v) is 13.7. The van der Waals surface area contributed by atoms with Gasteiger partial charge in [-0.1, -0.05) is 153 Å². The molecule has 0 aliphatic heterocycles. The maximum Gasteiger partial charge on any atom is 0.0159 e. The Hall–Kier alpha value is -5.72. The monoisotopic (exact) mass is 596 g/mol. The van der Waals surface area contributed by atoms with Crippen LogP contribution >= 0.6 is 0 Å². The van der Waals surface area contributed by atoms with Crippen LogP contribution in [-0.2, 0) is 5.41 Å². The fourth-order valence-electron chi connectivity index (χ4n) is 8.53. The Balaban J connectivity index is 1.27. The van der Waals surface area contributed by atoms with E-state index < -0.39 is 0 Å². The van der Waals surface area contributed by atoms with E-state index in [1.54, 1.807) is 0 Å². The predicted octanol–water partition coefficient (Wildman–Crippen LogP) is 13.0. The minimum absolute atomic E-state index is 0.0828. The third-order valence-corrected chi connectivity index (χ3v) is 10.8.